The molecule has 0 bridgehead atoms. The molecule has 28 heavy (non-hydrogen) atoms. The molecule has 0 radical (unpaired) electrons. The van der Waals surface area contributed by atoms with Crippen molar-refractivity contribution in [2.45, 2.75) is 19.1 Å². The molecule has 1 heterocycles. The average molecular weight is 389 g/mol. The van der Waals surface area contributed by atoms with Crippen molar-refractivity contribution in [3.8, 4) is 0 Å². The Kier molecular flexibility index (Phi) is 5.13. The van der Waals surface area contributed by atoms with Crippen molar-refractivity contribution in [1.29, 1.82) is 0 Å². The number of aryl methyl sites for hydroxylation is 1. The Balaban J connectivity index is 1.89. The fraction of sp³-hybridized carbons (Fsp3) is 0.200. The van der Waals surface area contributed by atoms with Gasteiger partial charge in [-0.1, -0.05) is 42.5 Å². The lowest BCUT2D eigenvalue weighted by molar-refractivity contribution is -0.137. The summed E-state index contributed by atoms with van der Waals surface area (Å²) in [7, 11) is 0. The Hall–Kier alpha value is -3.29. The molecule has 0 aliphatic carbocycles. The molecule has 5 nitrogen and oxygen atoms in total. The van der Waals surface area contributed by atoms with E-state index in [1.54, 1.807) is 12.1 Å². The molecule has 1 fully saturated rings. The Morgan fingerprint density at radius 2 is 1.86 bits per heavy atom. The first kappa shape index (κ1) is 19.5. The molecule has 1 aliphatic heterocycles. The number of rotatable bonds is 3. The monoisotopic (exact) mass is 389 g/mol. The van der Waals surface area contributed by atoms with Gasteiger partial charge in [0.05, 0.1) is 11.6 Å². The quantitative estimate of drug-likeness (QED) is 0.739. The minimum absolute atomic E-state index is 0.00696. The van der Waals surface area contributed by atoms with Crippen molar-refractivity contribution in [3.63, 3.8) is 0 Å². The third kappa shape index (κ3) is 4.16. The van der Waals surface area contributed by atoms with Crippen LogP contribution >= 0.6 is 0 Å². The Morgan fingerprint density at radius 3 is 2.54 bits per heavy atom. The maximum Gasteiger partial charge on any atom is 0.416 e. The van der Waals surface area contributed by atoms with Crippen molar-refractivity contribution in [3.05, 3.63) is 77.5 Å². The van der Waals surface area contributed by atoms with Gasteiger partial charge in [0, 0.05) is 11.4 Å². The van der Waals surface area contributed by atoms with E-state index < -0.39 is 35.6 Å². The molecule has 3 amide bonds. The minimum Gasteiger partial charge on any atom is -0.330 e. The predicted molar refractivity (Wildman–Crippen MR) is 98.3 cm³/mol. The van der Waals surface area contributed by atoms with Crippen molar-refractivity contribution >= 4 is 17.6 Å². The van der Waals surface area contributed by atoms with Crippen LogP contribution in [0.25, 0.3) is 0 Å². The number of amides is 3. The number of carbonyl (C=O) groups is 2. The standard InChI is InChI=1S/C20H18F3N3O2/c1-11-5-3-6-13(9-11)17-16(12(2)24-19(28)26-17)18(27)25-15-8-4-7-14(10-15)20(21,22)23/h3-10,16-17H,2H2,1H3,(H,25,27)(H2,24,26,28)/t16-,17+/m0/s1. The minimum atomic E-state index is -4.52. The molecule has 2 aromatic carbocycles. The Morgan fingerprint density at radius 1 is 1.14 bits per heavy atom. The maximum atomic E-state index is 12.9. The van der Waals surface area contributed by atoms with Crippen molar-refractivity contribution in [1.82, 2.24) is 10.6 Å². The normalized spacial score (nSPS) is 19.6. The van der Waals surface area contributed by atoms with Gasteiger partial charge in [0.15, 0.2) is 0 Å². The van der Waals surface area contributed by atoms with Gasteiger partial charge in [0.1, 0.15) is 5.92 Å². The van der Waals surface area contributed by atoms with E-state index in [4.69, 9.17) is 0 Å². The third-order valence-electron chi connectivity index (χ3n) is 4.41. The van der Waals surface area contributed by atoms with E-state index >= 15 is 0 Å². The number of urea groups is 1. The van der Waals surface area contributed by atoms with E-state index in [1.165, 1.54) is 12.1 Å². The highest BCUT2D eigenvalue weighted by molar-refractivity contribution is 5.97. The van der Waals surface area contributed by atoms with Crippen LogP contribution in [0.5, 0.6) is 0 Å². The van der Waals surface area contributed by atoms with Crippen molar-refractivity contribution in [2.75, 3.05) is 5.32 Å². The number of hydrogen-bond acceptors (Lipinski definition) is 2. The summed E-state index contributed by atoms with van der Waals surface area (Å²) < 4.78 is 38.7. The van der Waals surface area contributed by atoms with Crippen molar-refractivity contribution < 1.29 is 22.8 Å². The molecular formula is C20H18F3N3O2. The zero-order chi connectivity index (χ0) is 20.5. The summed E-state index contributed by atoms with van der Waals surface area (Å²) in [4.78, 5) is 24.8. The molecule has 0 unspecified atom stereocenters. The molecule has 8 heteroatoms. The molecule has 2 aromatic rings. The molecule has 3 N–H and O–H groups in total. The Bertz CT molecular complexity index is 940. The van der Waals surface area contributed by atoms with Gasteiger partial charge >= 0.3 is 12.2 Å². The molecule has 1 saturated heterocycles. The van der Waals surface area contributed by atoms with Crippen LogP contribution in [0.2, 0.25) is 0 Å². The number of nitrogens with one attached hydrogen (secondary N) is 3. The lowest BCUT2D eigenvalue weighted by Crippen LogP contribution is -2.51. The van der Waals surface area contributed by atoms with Gasteiger partial charge in [-0.15, -0.1) is 0 Å². The summed E-state index contributed by atoms with van der Waals surface area (Å²) in [6.45, 7) is 5.62. The van der Waals surface area contributed by atoms with Crippen molar-refractivity contribution in [2.24, 2.45) is 5.92 Å². The van der Waals surface area contributed by atoms with Gasteiger partial charge < -0.3 is 16.0 Å². The first-order valence-corrected chi connectivity index (χ1v) is 8.46. The molecule has 146 valence electrons. The van der Waals surface area contributed by atoms with Gasteiger partial charge in [0.2, 0.25) is 5.91 Å². The smallest absolute Gasteiger partial charge is 0.330 e. The maximum absolute atomic E-state index is 12.9. The zero-order valence-electron chi connectivity index (χ0n) is 14.9. The number of hydrogen-bond donors (Lipinski definition) is 3. The van der Waals surface area contributed by atoms with E-state index in [0.29, 0.717) is 5.56 Å². The molecule has 1 aliphatic rings. The SMILES string of the molecule is C=C1NC(=O)N[C@H](c2cccc(C)c2)[C@H]1C(=O)Nc1cccc(C(F)(F)F)c1. The first-order chi connectivity index (χ1) is 13.1. The van der Waals surface area contributed by atoms with Crippen LogP contribution in [0, 0.1) is 12.8 Å². The highest BCUT2D eigenvalue weighted by atomic mass is 19.4. The summed E-state index contributed by atoms with van der Waals surface area (Å²) in [6.07, 6.45) is -4.52. The van der Waals surface area contributed by atoms with E-state index in [0.717, 1.165) is 17.7 Å². The summed E-state index contributed by atoms with van der Waals surface area (Å²) in [5.74, 6) is -1.49. The van der Waals surface area contributed by atoms with Gasteiger partial charge in [-0.3, -0.25) is 4.79 Å². The summed E-state index contributed by atoms with van der Waals surface area (Å²) >= 11 is 0. The van der Waals surface area contributed by atoms with Gasteiger partial charge in [-0.25, -0.2) is 4.79 Å². The molecular weight excluding hydrogens is 371 g/mol. The second-order valence-electron chi connectivity index (χ2n) is 6.56. The summed E-state index contributed by atoms with van der Waals surface area (Å²) in [5, 5.41) is 7.64. The van der Waals surface area contributed by atoms with Gasteiger partial charge in [0.25, 0.3) is 0 Å². The van der Waals surface area contributed by atoms with Crippen LogP contribution < -0.4 is 16.0 Å². The van der Waals surface area contributed by atoms with Crippen LogP contribution in [0.4, 0.5) is 23.7 Å². The van der Waals surface area contributed by atoms with Crippen LogP contribution in [0.15, 0.2) is 60.8 Å². The fourth-order valence-corrected chi connectivity index (χ4v) is 3.13. The van der Waals surface area contributed by atoms with Crippen LogP contribution in [0.1, 0.15) is 22.7 Å². The third-order valence-corrected chi connectivity index (χ3v) is 4.41. The zero-order valence-corrected chi connectivity index (χ0v) is 14.9. The van der Waals surface area contributed by atoms with Crippen LogP contribution in [-0.2, 0) is 11.0 Å². The number of carbonyl (C=O) groups excluding carboxylic acids is 2. The highest BCUT2D eigenvalue weighted by Gasteiger charge is 2.38. The van der Waals surface area contributed by atoms with E-state index in [1.807, 2.05) is 19.1 Å². The molecule has 0 saturated carbocycles. The predicted octanol–water partition coefficient (Wildman–Crippen LogP) is 4.14. The second kappa shape index (κ2) is 7.38. The summed E-state index contributed by atoms with van der Waals surface area (Å²) in [5.41, 5.74) is 0.940. The molecule has 0 aromatic heterocycles. The summed E-state index contributed by atoms with van der Waals surface area (Å²) in [6, 6.07) is 10.4. The first-order valence-electron chi connectivity index (χ1n) is 8.46. The van der Waals surface area contributed by atoms with E-state index in [2.05, 4.69) is 22.5 Å². The number of halogens is 3. The van der Waals surface area contributed by atoms with Crippen LogP contribution in [-0.4, -0.2) is 11.9 Å². The van der Waals surface area contributed by atoms with Gasteiger partial charge in [-0.05, 0) is 30.7 Å². The lowest BCUT2D eigenvalue weighted by Gasteiger charge is -2.34. The topological polar surface area (TPSA) is 70.2 Å². The lowest BCUT2D eigenvalue weighted by atomic mass is 9.87. The average Bonchev–Trinajstić information content (AvgIpc) is 2.60. The largest absolute Gasteiger partial charge is 0.416 e. The number of benzene rings is 2. The second-order valence-corrected chi connectivity index (χ2v) is 6.56. The number of anilines is 1. The Labute approximate surface area is 159 Å². The fourth-order valence-electron chi connectivity index (χ4n) is 3.13. The van der Waals surface area contributed by atoms with E-state index in [9.17, 15) is 22.8 Å². The number of alkyl halides is 3. The molecule has 2 atom stereocenters. The molecule has 0 spiro atoms. The molecule has 3 rings (SSSR count). The van der Waals surface area contributed by atoms with Gasteiger partial charge in [-0.2, -0.15) is 13.2 Å². The van der Waals surface area contributed by atoms with Crippen LogP contribution in [0.3, 0.4) is 0 Å². The van der Waals surface area contributed by atoms with E-state index in [-0.39, 0.29) is 11.4 Å². The highest BCUT2D eigenvalue weighted by Crippen LogP contribution is 2.33.